The van der Waals surface area contributed by atoms with Gasteiger partial charge in [0.15, 0.2) is 0 Å². The third-order valence-corrected chi connectivity index (χ3v) is 4.34. The van der Waals surface area contributed by atoms with Gasteiger partial charge in [-0.1, -0.05) is 11.2 Å². The predicted molar refractivity (Wildman–Crippen MR) is 81.8 cm³/mol. The summed E-state index contributed by atoms with van der Waals surface area (Å²) in [5.41, 5.74) is 9.38. The number of halogens is 1. The summed E-state index contributed by atoms with van der Waals surface area (Å²) in [5.74, 6) is 0.319. The lowest BCUT2D eigenvalue weighted by atomic mass is 10.0. The second-order valence-electron chi connectivity index (χ2n) is 5.56. The zero-order valence-corrected chi connectivity index (χ0v) is 12.9. The van der Waals surface area contributed by atoms with Crippen LogP contribution in [-0.2, 0) is 0 Å². The minimum absolute atomic E-state index is 0.160. The van der Waals surface area contributed by atoms with Crippen molar-refractivity contribution >= 4 is 27.5 Å². The van der Waals surface area contributed by atoms with Crippen molar-refractivity contribution in [2.45, 2.75) is 33.1 Å². The molecule has 0 atom stereocenters. The van der Waals surface area contributed by atoms with E-state index in [1.54, 1.807) is 0 Å². The lowest BCUT2D eigenvalue weighted by Crippen LogP contribution is -2.24. The van der Waals surface area contributed by atoms with Gasteiger partial charge in [-0.15, -0.1) is 0 Å². The molecule has 0 spiro atoms. The van der Waals surface area contributed by atoms with Gasteiger partial charge in [-0.3, -0.25) is 0 Å². The van der Waals surface area contributed by atoms with Crippen LogP contribution < -0.4 is 11.1 Å². The molecule has 4 N–H and O–H groups in total. The van der Waals surface area contributed by atoms with Crippen LogP contribution in [0.3, 0.4) is 0 Å². The SMILES string of the molecule is Cc1cc(C)c(NCC2(C/C(N)=N/O)CC2)c(Br)c1. The Morgan fingerprint density at radius 2 is 2.16 bits per heavy atom. The molecule has 0 radical (unpaired) electrons. The molecule has 0 saturated heterocycles. The van der Waals surface area contributed by atoms with E-state index in [0.717, 1.165) is 29.5 Å². The maximum absolute atomic E-state index is 8.66. The number of rotatable bonds is 5. The molecule has 1 fully saturated rings. The molecule has 2 rings (SSSR count). The van der Waals surface area contributed by atoms with Gasteiger partial charge in [0.25, 0.3) is 0 Å². The Hall–Kier alpha value is -1.23. The van der Waals surface area contributed by atoms with Crippen LogP contribution in [0, 0.1) is 19.3 Å². The summed E-state index contributed by atoms with van der Waals surface area (Å²) in [7, 11) is 0. The lowest BCUT2D eigenvalue weighted by Gasteiger charge is -2.18. The molecule has 0 unspecified atom stereocenters. The number of anilines is 1. The lowest BCUT2D eigenvalue weighted by molar-refractivity contribution is 0.315. The van der Waals surface area contributed by atoms with E-state index in [1.165, 1.54) is 11.1 Å². The fraction of sp³-hybridized carbons (Fsp3) is 0.500. The number of aryl methyl sites for hydroxylation is 2. The van der Waals surface area contributed by atoms with Crippen molar-refractivity contribution in [2.75, 3.05) is 11.9 Å². The molecular weight excluding hydrogens is 306 g/mol. The highest BCUT2D eigenvalue weighted by Gasteiger charge is 2.43. The van der Waals surface area contributed by atoms with E-state index in [1.807, 2.05) is 0 Å². The molecule has 0 amide bonds. The van der Waals surface area contributed by atoms with Crippen LogP contribution in [0.15, 0.2) is 21.8 Å². The number of hydrogen-bond donors (Lipinski definition) is 3. The van der Waals surface area contributed by atoms with Gasteiger partial charge in [-0.2, -0.15) is 0 Å². The number of nitrogens with two attached hydrogens (primary N) is 1. The quantitative estimate of drug-likeness (QED) is 0.336. The summed E-state index contributed by atoms with van der Waals surface area (Å²) in [6.07, 6.45) is 2.90. The van der Waals surface area contributed by atoms with E-state index in [0.29, 0.717) is 12.3 Å². The molecular formula is C14H20BrN3O. The monoisotopic (exact) mass is 325 g/mol. The third kappa shape index (κ3) is 3.41. The van der Waals surface area contributed by atoms with E-state index >= 15 is 0 Å². The summed E-state index contributed by atoms with van der Waals surface area (Å²) in [4.78, 5) is 0. The Morgan fingerprint density at radius 3 is 2.68 bits per heavy atom. The average molecular weight is 326 g/mol. The minimum atomic E-state index is 0.160. The number of hydrogen-bond acceptors (Lipinski definition) is 3. The Kier molecular flexibility index (Phi) is 4.04. The molecule has 1 aromatic carbocycles. The van der Waals surface area contributed by atoms with Crippen molar-refractivity contribution in [3.8, 4) is 0 Å². The molecule has 19 heavy (non-hydrogen) atoms. The molecule has 0 aromatic heterocycles. The first kappa shape index (κ1) is 14.2. The number of oxime groups is 1. The zero-order chi connectivity index (χ0) is 14.0. The summed E-state index contributed by atoms with van der Waals surface area (Å²) in [6, 6.07) is 4.27. The summed E-state index contributed by atoms with van der Waals surface area (Å²) in [5, 5.41) is 15.2. The van der Waals surface area contributed by atoms with E-state index < -0.39 is 0 Å². The largest absolute Gasteiger partial charge is 0.409 e. The molecule has 1 saturated carbocycles. The second kappa shape index (κ2) is 5.41. The molecule has 1 aromatic rings. The third-order valence-electron chi connectivity index (χ3n) is 3.71. The number of amidine groups is 1. The van der Waals surface area contributed by atoms with Crippen LogP contribution in [0.1, 0.15) is 30.4 Å². The molecule has 0 aliphatic heterocycles. The Morgan fingerprint density at radius 1 is 1.47 bits per heavy atom. The van der Waals surface area contributed by atoms with Gasteiger partial charge in [-0.05, 0) is 65.2 Å². The molecule has 0 heterocycles. The van der Waals surface area contributed by atoms with Gasteiger partial charge >= 0.3 is 0 Å². The highest BCUT2D eigenvalue weighted by Crippen LogP contribution is 2.49. The highest BCUT2D eigenvalue weighted by molar-refractivity contribution is 9.10. The standard InChI is InChI=1S/C14H20BrN3O/c1-9-5-10(2)13(11(15)6-9)17-8-14(3-4-14)7-12(16)18-19/h5-6,17,19H,3-4,7-8H2,1-2H3,(H2,16,18). The Balaban J connectivity index is 2.04. The van der Waals surface area contributed by atoms with Crippen molar-refractivity contribution in [3.05, 3.63) is 27.7 Å². The van der Waals surface area contributed by atoms with Crippen LogP contribution in [0.4, 0.5) is 5.69 Å². The second-order valence-corrected chi connectivity index (χ2v) is 6.41. The van der Waals surface area contributed by atoms with Gasteiger partial charge < -0.3 is 16.3 Å². The first-order chi connectivity index (χ1) is 8.96. The fourth-order valence-corrected chi connectivity index (χ4v) is 3.24. The van der Waals surface area contributed by atoms with Crippen LogP contribution in [0.5, 0.6) is 0 Å². The van der Waals surface area contributed by atoms with Crippen molar-refractivity contribution in [3.63, 3.8) is 0 Å². The van der Waals surface area contributed by atoms with Gasteiger partial charge in [0.05, 0.1) is 5.69 Å². The van der Waals surface area contributed by atoms with Crippen molar-refractivity contribution in [1.82, 2.24) is 0 Å². The maximum Gasteiger partial charge on any atom is 0.139 e. The van der Waals surface area contributed by atoms with Crippen LogP contribution in [0.2, 0.25) is 0 Å². The summed E-state index contributed by atoms with van der Waals surface area (Å²) in [6.45, 7) is 5.04. The van der Waals surface area contributed by atoms with Gasteiger partial charge in [0, 0.05) is 17.4 Å². The van der Waals surface area contributed by atoms with Gasteiger partial charge in [0.2, 0.25) is 0 Å². The van der Waals surface area contributed by atoms with Crippen molar-refractivity contribution in [2.24, 2.45) is 16.3 Å². The summed E-state index contributed by atoms with van der Waals surface area (Å²) >= 11 is 3.60. The molecule has 4 nitrogen and oxygen atoms in total. The van der Waals surface area contributed by atoms with E-state index in [2.05, 4.69) is 52.4 Å². The van der Waals surface area contributed by atoms with Crippen molar-refractivity contribution < 1.29 is 5.21 Å². The van der Waals surface area contributed by atoms with Crippen molar-refractivity contribution in [1.29, 1.82) is 0 Å². The smallest absolute Gasteiger partial charge is 0.139 e. The normalized spacial score (nSPS) is 17.3. The number of benzene rings is 1. The average Bonchev–Trinajstić information content (AvgIpc) is 3.07. The Bertz CT molecular complexity index is 486. The van der Waals surface area contributed by atoms with Crippen LogP contribution in [-0.4, -0.2) is 17.6 Å². The first-order valence-corrected chi connectivity index (χ1v) is 7.22. The van der Waals surface area contributed by atoms with Gasteiger partial charge in [0.1, 0.15) is 5.84 Å². The Labute approximate surface area is 122 Å². The summed E-state index contributed by atoms with van der Waals surface area (Å²) < 4.78 is 1.09. The zero-order valence-electron chi connectivity index (χ0n) is 11.3. The molecule has 0 bridgehead atoms. The van der Waals surface area contributed by atoms with Gasteiger partial charge in [-0.25, -0.2) is 0 Å². The van der Waals surface area contributed by atoms with E-state index in [-0.39, 0.29) is 5.41 Å². The van der Waals surface area contributed by atoms with Crippen LogP contribution >= 0.6 is 15.9 Å². The first-order valence-electron chi connectivity index (χ1n) is 6.43. The molecule has 1 aliphatic carbocycles. The van der Waals surface area contributed by atoms with E-state index in [4.69, 9.17) is 10.9 Å². The fourth-order valence-electron chi connectivity index (χ4n) is 2.43. The van der Waals surface area contributed by atoms with E-state index in [9.17, 15) is 0 Å². The molecule has 5 heteroatoms. The predicted octanol–water partition coefficient (Wildman–Crippen LogP) is 3.39. The topological polar surface area (TPSA) is 70.6 Å². The number of nitrogens with one attached hydrogen (secondary N) is 1. The van der Waals surface area contributed by atoms with Crippen LogP contribution in [0.25, 0.3) is 0 Å². The number of nitrogens with zero attached hydrogens (tertiary/aromatic N) is 1. The maximum atomic E-state index is 8.66. The highest BCUT2D eigenvalue weighted by atomic mass is 79.9. The minimum Gasteiger partial charge on any atom is -0.409 e. The molecule has 104 valence electrons. The molecule has 1 aliphatic rings.